The van der Waals surface area contributed by atoms with E-state index in [1.54, 1.807) is 13.2 Å². The van der Waals surface area contributed by atoms with Crippen molar-refractivity contribution < 1.29 is 19.0 Å². The molecule has 17 heavy (non-hydrogen) atoms. The van der Waals surface area contributed by atoms with Gasteiger partial charge in [-0.3, -0.25) is 4.79 Å². The summed E-state index contributed by atoms with van der Waals surface area (Å²) in [6.45, 7) is 6.18. The summed E-state index contributed by atoms with van der Waals surface area (Å²) in [6, 6.07) is 0. The first-order chi connectivity index (χ1) is 8.05. The molecule has 3 atom stereocenters. The van der Waals surface area contributed by atoms with E-state index in [2.05, 4.69) is 6.58 Å². The van der Waals surface area contributed by atoms with Gasteiger partial charge in [-0.15, -0.1) is 0 Å². The molecule has 0 spiro atoms. The van der Waals surface area contributed by atoms with E-state index < -0.39 is 0 Å². The van der Waals surface area contributed by atoms with Crippen LogP contribution in [0.1, 0.15) is 26.2 Å². The van der Waals surface area contributed by atoms with Crippen molar-refractivity contribution >= 4 is 5.97 Å². The normalized spacial score (nSPS) is 29.9. The van der Waals surface area contributed by atoms with Gasteiger partial charge in [0.15, 0.2) is 6.29 Å². The second kappa shape index (κ2) is 6.17. The van der Waals surface area contributed by atoms with Crippen LogP contribution in [0.5, 0.6) is 0 Å². The molecule has 0 aliphatic heterocycles. The molecule has 4 heteroatoms. The van der Waals surface area contributed by atoms with Gasteiger partial charge in [0.25, 0.3) is 0 Å². The summed E-state index contributed by atoms with van der Waals surface area (Å²) in [5, 5.41) is 0. The minimum absolute atomic E-state index is 0.119. The molecule has 0 aromatic heterocycles. The molecule has 0 N–H and O–H groups in total. The first-order valence-electron chi connectivity index (χ1n) is 5.91. The second-order valence-corrected chi connectivity index (χ2v) is 4.83. The van der Waals surface area contributed by atoms with Gasteiger partial charge in [0.05, 0.1) is 19.1 Å². The minimum Gasteiger partial charge on any atom is -0.469 e. The van der Waals surface area contributed by atoms with Crippen LogP contribution < -0.4 is 0 Å². The molecule has 1 rings (SSSR count). The van der Waals surface area contributed by atoms with Gasteiger partial charge >= 0.3 is 5.97 Å². The highest BCUT2D eigenvalue weighted by Gasteiger charge is 2.42. The smallest absolute Gasteiger partial charge is 0.311 e. The molecule has 1 aliphatic carbocycles. The van der Waals surface area contributed by atoms with Crippen LogP contribution in [0.25, 0.3) is 0 Å². The summed E-state index contributed by atoms with van der Waals surface area (Å²) >= 11 is 0. The third-order valence-corrected chi connectivity index (χ3v) is 3.44. The topological polar surface area (TPSA) is 44.8 Å². The molecule has 0 amide bonds. The lowest BCUT2D eigenvalue weighted by Gasteiger charge is -2.21. The van der Waals surface area contributed by atoms with Gasteiger partial charge in [-0.05, 0) is 38.2 Å². The molecular formula is C13H22O4. The Morgan fingerprint density at radius 3 is 2.82 bits per heavy atom. The Bertz CT molecular complexity index is 277. The molecule has 0 aromatic carbocycles. The quantitative estimate of drug-likeness (QED) is 0.406. The standard InChI is InChI=1S/C13H22O4/c1-5-11(15-3)17-9-10-6-7-13(2,8-10)12(14)16-4/h5,10-11H,1,6-9H2,2-4H3. The predicted octanol–water partition coefficient (Wildman–Crippen LogP) is 2.14. The average molecular weight is 242 g/mol. The van der Waals surface area contributed by atoms with Crippen LogP contribution in [0.2, 0.25) is 0 Å². The fourth-order valence-electron chi connectivity index (χ4n) is 2.40. The summed E-state index contributed by atoms with van der Waals surface area (Å²) in [5.41, 5.74) is -0.348. The van der Waals surface area contributed by atoms with E-state index in [9.17, 15) is 4.79 Å². The maximum atomic E-state index is 11.6. The highest BCUT2D eigenvalue weighted by molar-refractivity contribution is 5.76. The van der Waals surface area contributed by atoms with Crippen molar-refractivity contribution in [1.82, 2.24) is 0 Å². The summed E-state index contributed by atoms with van der Waals surface area (Å²) in [4.78, 5) is 11.6. The van der Waals surface area contributed by atoms with Gasteiger partial charge in [-0.1, -0.05) is 6.58 Å². The van der Waals surface area contributed by atoms with E-state index in [0.29, 0.717) is 12.5 Å². The van der Waals surface area contributed by atoms with Gasteiger partial charge in [0.2, 0.25) is 0 Å². The molecule has 0 aromatic rings. The van der Waals surface area contributed by atoms with Gasteiger partial charge in [0.1, 0.15) is 0 Å². The molecule has 1 fully saturated rings. The first kappa shape index (κ1) is 14.2. The van der Waals surface area contributed by atoms with Crippen LogP contribution in [0.3, 0.4) is 0 Å². The number of hydrogen-bond donors (Lipinski definition) is 0. The Balaban J connectivity index is 2.40. The molecule has 4 nitrogen and oxygen atoms in total. The Morgan fingerprint density at radius 1 is 1.59 bits per heavy atom. The zero-order valence-corrected chi connectivity index (χ0v) is 10.9. The summed E-state index contributed by atoms with van der Waals surface area (Å²) in [6.07, 6.45) is 3.92. The predicted molar refractivity (Wildman–Crippen MR) is 64.4 cm³/mol. The molecule has 0 saturated heterocycles. The third kappa shape index (κ3) is 3.54. The van der Waals surface area contributed by atoms with Crippen LogP contribution in [0.4, 0.5) is 0 Å². The van der Waals surface area contributed by atoms with Crippen molar-refractivity contribution in [3.05, 3.63) is 12.7 Å². The van der Waals surface area contributed by atoms with Crippen molar-refractivity contribution in [2.45, 2.75) is 32.5 Å². The minimum atomic E-state index is -0.361. The van der Waals surface area contributed by atoms with Crippen LogP contribution in [0.15, 0.2) is 12.7 Å². The summed E-state index contributed by atoms with van der Waals surface area (Å²) < 4.78 is 15.4. The molecule has 0 radical (unpaired) electrons. The summed E-state index contributed by atoms with van der Waals surface area (Å²) in [5.74, 6) is 0.267. The lowest BCUT2D eigenvalue weighted by Crippen LogP contribution is -2.26. The van der Waals surface area contributed by atoms with Crippen molar-refractivity contribution in [3.8, 4) is 0 Å². The van der Waals surface area contributed by atoms with Gasteiger partial charge < -0.3 is 14.2 Å². The Morgan fingerprint density at radius 2 is 2.29 bits per heavy atom. The highest BCUT2D eigenvalue weighted by atomic mass is 16.7. The number of ether oxygens (including phenoxy) is 3. The lowest BCUT2D eigenvalue weighted by atomic mass is 9.88. The second-order valence-electron chi connectivity index (χ2n) is 4.83. The molecule has 1 aliphatic rings. The Labute approximate surface area is 103 Å². The highest BCUT2D eigenvalue weighted by Crippen LogP contribution is 2.42. The zero-order chi connectivity index (χ0) is 12.9. The van der Waals surface area contributed by atoms with Crippen molar-refractivity contribution in [1.29, 1.82) is 0 Å². The maximum Gasteiger partial charge on any atom is 0.311 e. The average Bonchev–Trinajstić information content (AvgIpc) is 2.73. The number of carbonyl (C=O) groups excluding carboxylic acids is 1. The summed E-state index contributed by atoms with van der Waals surface area (Å²) in [7, 11) is 3.02. The molecule has 3 unspecified atom stereocenters. The van der Waals surface area contributed by atoms with Crippen molar-refractivity contribution in [3.63, 3.8) is 0 Å². The van der Waals surface area contributed by atoms with Crippen LogP contribution >= 0.6 is 0 Å². The lowest BCUT2D eigenvalue weighted by molar-refractivity contribution is -0.151. The molecule has 0 bridgehead atoms. The van der Waals surface area contributed by atoms with Crippen LogP contribution in [0, 0.1) is 11.3 Å². The van der Waals surface area contributed by atoms with Crippen molar-refractivity contribution in [2.24, 2.45) is 11.3 Å². The van der Waals surface area contributed by atoms with Crippen LogP contribution in [-0.2, 0) is 19.0 Å². The molecule has 1 saturated carbocycles. The maximum absolute atomic E-state index is 11.6. The fourth-order valence-corrected chi connectivity index (χ4v) is 2.40. The van der Waals surface area contributed by atoms with Gasteiger partial charge in [-0.2, -0.15) is 0 Å². The van der Waals surface area contributed by atoms with Gasteiger partial charge in [0, 0.05) is 7.11 Å². The molecule has 0 heterocycles. The van der Waals surface area contributed by atoms with E-state index in [1.807, 2.05) is 6.92 Å². The van der Waals surface area contributed by atoms with E-state index in [-0.39, 0.29) is 17.7 Å². The van der Waals surface area contributed by atoms with E-state index in [1.165, 1.54) is 7.11 Å². The Hall–Kier alpha value is -0.870. The van der Waals surface area contributed by atoms with Crippen molar-refractivity contribution in [2.75, 3.05) is 20.8 Å². The number of hydrogen-bond acceptors (Lipinski definition) is 4. The molecule has 98 valence electrons. The SMILES string of the molecule is C=CC(OC)OCC1CCC(C)(C(=O)OC)C1. The zero-order valence-electron chi connectivity index (χ0n) is 10.9. The van der Waals surface area contributed by atoms with Gasteiger partial charge in [-0.25, -0.2) is 0 Å². The van der Waals surface area contributed by atoms with Crippen LogP contribution in [-0.4, -0.2) is 33.1 Å². The number of carbonyl (C=O) groups is 1. The third-order valence-electron chi connectivity index (χ3n) is 3.44. The first-order valence-corrected chi connectivity index (χ1v) is 5.91. The van der Waals surface area contributed by atoms with E-state index in [4.69, 9.17) is 14.2 Å². The number of esters is 1. The fraction of sp³-hybridized carbons (Fsp3) is 0.769. The monoisotopic (exact) mass is 242 g/mol. The van der Waals surface area contributed by atoms with E-state index >= 15 is 0 Å². The Kier molecular flexibility index (Phi) is 5.15. The largest absolute Gasteiger partial charge is 0.469 e. The number of rotatable bonds is 6. The number of methoxy groups -OCH3 is 2. The van der Waals surface area contributed by atoms with E-state index in [0.717, 1.165) is 19.3 Å². The molecular weight excluding hydrogens is 220 g/mol.